The third kappa shape index (κ3) is 6.26. The van der Waals surface area contributed by atoms with Crippen LogP contribution in [0.4, 0.5) is 0 Å². The summed E-state index contributed by atoms with van der Waals surface area (Å²) in [6, 6.07) is 17.2. The number of hydrogen-bond acceptors (Lipinski definition) is 5. The molecule has 3 rings (SSSR count). The number of rotatable bonds is 10. The molecule has 0 bridgehead atoms. The first kappa shape index (κ1) is 23.2. The minimum absolute atomic E-state index is 0.169. The van der Waals surface area contributed by atoms with Gasteiger partial charge in [0.25, 0.3) is 0 Å². The van der Waals surface area contributed by atoms with E-state index < -0.39 is 5.60 Å². The Kier molecular flexibility index (Phi) is 8.02. The molecule has 0 radical (unpaired) electrons. The summed E-state index contributed by atoms with van der Waals surface area (Å²) in [5, 5.41) is 15.3. The van der Waals surface area contributed by atoms with Crippen LogP contribution in [0, 0.1) is 0 Å². The first-order valence-corrected chi connectivity index (χ1v) is 11.1. The molecule has 3 aromatic rings. The highest BCUT2D eigenvalue weighted by Gasteiger charge is 2.16. The summed E-state index contributed by atoms with van der Waals surface area (Å²) in [6.45, 7) is 9.67. The Labute approximate surface area is 185 Å². The molecule has 0 atom stereocenters. The van der Waals surface area contributed by atoms with Crippen molar-refractivity contribution < 1.29 is 9.53 Å². The summed E-state index contributed by atoms with van der Waals surface area (Å²) in [6.07, 6.45) is 0.362. The lowest BCUT2D eigenvalue weighted by Gasteiger charge is -2.20. The summed E-state index contributed by atoms with van der Waals surface area (Å²) < 4.78 is 5.41. The number of carbonyl (C=O) groups is 1. The smallest absolute Gasteiger partial charge is 0.307 e. The zero-order chi connectivity index (χ0) is 22.3. The lowest BCUT2D eigenvalue weighted by Crippen LogP contribution is -2.26. The second kappa shape index (κ2) is 10.7. The molecule has 3 N–H and O–H groups in total. The van der Waals surface area contributed by atoms with Gasteiger partial charge in [-0.1, -0.05) is 48.5 Å². The fourth-order valence-electron chi connectivity index (χ4n) is 3.91. The van der Waals surface area contributed by atoms with Crippen LogP contribution in [0.1, 0.15) is 38.3 Å². The highest BCUT2D eigenvalue weighted by Crippen LogP contribution is 2.33. The van der Waals surface area contributed by atoms with E-state index in [0.29, 0.717) is 19.5 Å². The Morgan fingerprint density at radius 3 is 1.65 bits per heavy atom. The van der Waals surface area contributed by atoms with Crippen molar-refractivity contribution in [2.75, 3.05) is 26.7 Å². The highest BCUT2D eigenvalue weighted by atomic mass is 16.6. The van der Waals surface area contributed by atoms with E-state index in [9.17, 15) is 4.79 Å². The van der Waals surface area contributed by atoms with E-state index in [1.54, 1.807) is 0 Å². The molecule has 0 aliphatic heterocycles. The lowest BCUT2D eigenvalue weighted by atomic mass is 9.91. The zero-order valence-corrected chi connectivity index (χ0v) is 19.2. The van der Waals surface area contributed by atoms with Gasteiger partial charge in [0.05, 0.1) is 6.42 Å². The third-order valence-corrected chi connectivity index (χ3v) is 5.24. The minimum Gasteiger partial charge on any atom is -0.460 e. The average Bonchev–Trinajstić information content (AvgIpc) is 2.73. The van der Waals surface area contributed by atoms with Crippen LogP contribution in [-0.2, 0) is 22.6 Å². The maximum absolute atomic E-state index is 12.0. The molecule has 0 saturated carbocycles. The van der Waals surface area contributed by atoms with Gasteiger partial charge in [0.2, 0.25) is 0 Å². The van der Waals surface area contributed by atoms with E-state index in [1.165, 1.54) is 32.7 Å². The molecule has 0 fully saturated rings. The molecule has 0 aromatic heterocycles. The van der Waals surface area contributed by atoms with Gasteiger partial charge in [-0.25, -0.2) is 0 Å². The van der Waals surface area contributed by atoms with Crippen LogP contribution in [0.15, 0.2) is 48.5 Å². The van der Waals surface area contributed by atoms with Gasteiger partial charge in [0.15, 0.2) is 0 Å². The monoisotopic (exact) mass is 421 g/mol. The SMILES string of the molecule is CNCCNCc1c2ccccc2c(CNCCC(=O)OC(C)(C)C)c2ccccc12. The lowest BCUT2D eigenvalue weighted by molar-refractivity contribution is -0.154. The van der Waals surface area contributed by atoms with Crippen molar-refractivity contribution in [2.45, 2.75) is 45.9 Å². The first-order chi connectivity index (χ1) is 14.9. The molecule has 0 saturated heterocycles. The van der Waals surface area contributed by atoms with Crippen LogP contribution in [0.3, 0.4) is 0 Å². The second-order valence-corrected chi connectivity index (χ2v) is 8.84. The third-order valence-electron chi connectivity index (χ3n) is 5.24. The molecule has 5 heteroatoms. The van der Waals surface area contributed by atoms with Gasteiger partial charge in [0, 0.05) is 32.7 Å². The number of ether oxygens (including phenoxy) is 1. The predicted molar refractivity (Wildman–Crippen MR) is 129 cm³/mol. The highest BCUT2D eigenvalue weighted by molar-refractivity contribution is 6.05. The summed E-state index contributed by atoms with van der Waals surface area (Å²) in [7, 11) is 1.97. The minimum atomic E-state index is -0.444. The molecule has 0 spiro atoms. The topological polar surface area (TPSA) is 62.4 Å². The Balaban J connectivity index is 1.83. The number of carbonyl (C=O) groups excluding carboxylic acids is 1. The average molecular weight is 422 g/mol. The van der Waals surface area contributed by atoms with Crippen molar-refractivity contribution in [1.82, 2.24) is 16.0 Å². The fourth-order valence-corrected chi connectivity index (χ4v) is 3.91. The van der Waals surface area contributed by atoms with Crippen molar-refractivity contribution in [3.63, 3.8) is 0 Å². The maximum atomic E-state index is 12.0. The normalized spacial score (nSPS) is 11.9. The van der Waals surface area contributed by atoms with Crippen LogP contribution in [0.25, 0.3) is 21.5 Å². The van der Waals surface area contributed by atoms with E-state index >= 15 is 0 Å². The molecule has 0 amide bonds. The molecule has 0 aliphatic carbocycles. The van der Waals surface area contributed by atoms with E-state index in [1.807, 2.05) is 27.8 Å². The van der Waals surface area contributed by atoms with Crippen LogP contribution < -0.4 is 16.0 Å². The van der Waals surface area contributed by atoms with Gasteiger partial charge in [-0.3, -0.25) is 4.79 Å². The molecule has 0 heterocycles. The molecule has 0 aliphatic rings. The molecule has 5 nitrogen and oxygen atoms in total. The van der Waals surface area contributed by atoms with Crippen molar-refractivity contribution in [2.24, 2.45) is 0 Å². The molecule has 166 valence electrons. The van der Waals surface area contributed by atoms with E-state index in [4.69, 9.17) is 4.74 Å². The zero-order valence-electron chi connectivity index (χ0n) is 19.2. The molecule has 3 aromatic carbocycles. The second-order valence-electron chi connectivity index (χ2n) is 8.84. The van der Waals surface area contributed by atoms with Gasteiger partial charge in [-0.2, -0.15) is 0 Å². The van der Waals surface area contributed by atoms with Crippen LogP contribution in [0.2, 0.25) is 0 Å². The number of nitrogens with one attached hydrogen (secondary N) is 3. The molecular formula is C26H35N3O2. The Hall–Kier alpha value is -2.47. The maximum Gasteiger partial charge on any atom is 0.307 e. The summed E-state index contributed by atoms with van der Waals surface area (Å²) in [4.78, 5) is 12.0. The fraction of sp³-hybridized carbons (Fsp3) is 0.423. The number of fused-ring (bicyclic) bond motifs is 2. The van der Waals surface area contributed by atoms with E-state index in [0.717, 1.165) is 19.6 Å². The molecular weight excluding hydrogens is 386 g/mol. The van der Waals surface area contributed by atoms with Crippen LogP contribution >= 0.6 is 0 Å². The van der Waals surface area contributed by atoms with Gasteiger partial charge >= 0.3 is 5.97 Å². The summed E-state index contributed by atoms with van der Waals surface area (Å²) in [5.74, 6) is -0.169. The Morgan fingerprint density at radius 2 is 1.23 bits per heavy atom. The molecule has 0 unspecified atom stereocenters. The van der Waals surface area contributed by atoms with Gasteiger partial charge in [-0.05, 0) is 60.5 Å². The summed E-state index contributed by atoms with van der Waals surface area (Å²) in [5.41, 5.74) is 2.16. The number of hydrogen-bond donors (Lipinski definition) is 3. The van der Waals surface area contributed by atoms with Gasteiger partial charge < -0.3 is 20.7 Å². The van der Waals surface area contributed by atoms with Crippen molar-refractivity contribution >= 4 is 27.5 Å². The predicted octanol–water partition coefficient (Wildman–Crippen LogP) is 4.12. The quantitative estimate of drug-likeness (QED) is 0.261. The van der Waals surface area contributed by atoms with Crippen LogP contribution in [-0.4, -0.2) is 38.3 Å². The van der Waals surface area contributed by atoms with Gasteiger partial charge in [0.1, 0.15) is 5.60 Å². The van der Waals surface area contributed by atoms with E-state index in [-0.39, 0.29) is 5.97 Å². The van der Waals surface area contributed by atoms with Gasteiger partial charge in [-0.15, -0.1) is 0 Å². The van der Waals surface area contributed by atoms with Crippen LogP contribution in [0.5, 0.6) is 0 Å². The van der Waals surface area contributed by atoms with Crippen molar-refractivity contribution in [3.05, 3.63) is 59.7 Å². The largest absolute Gasteiger partial charge is 0.460 e. The van der Waals surface area contributed by atoms with Crippen molar-refractivity contribution in [1.29, 1.82) is 0 Å². The van der Waals surface area contributed by atoms with Crippen molar-refractivity contribution in [3.8, 4) is 0 Å². The number of benzene rings is 3. The number of likely N-dealkylation sites (N-methyl/N-ethyl adjacent to an activating group) is 1. The Bertz CT molecular complexity index is 967. The van der Waals surface area contributed by atoms with E-state index in [2.05, 4.69) is 64.5 Å². The summed E-state index contributed by atoms with van der Waals surface area (Å²) >= 11 is 0. The Morgan fingerprint density at radius 1 is 0.774 bits per heavy atom. The number of esters is 1. The standard InChI is InChI=1S/C26H35N3O2/c1-26(2,3)31-25(30)13-14-28-17-23-19-9-5-7-11-21(19)24(18-29-16-15-27-4)22-12-8-6-10-20(22)23/h5-12,27-29H,13-18H2,1-4H3. The molecule has 31 heavy (non-hydrogen) atoms. The first-order valence-electron chi connectivity index (χ1n) is 11.1.